The van der Waals surface area contributed by atoms with Gasteiger partial charge in [-0.1, -0.05) is 11.6 Å². The lowest BCUT2D eigenvalue weighted by molar-refractivity contribution is -0.907. The van der Waals surface area contributed by atoms with Gasteiger partial charge in [0, 0.05) is 10.9 Å². The summed E-state index contributed by atoms with van der Waals surface area (Å²) in [6.45, 7) is 7.91. The average Bonchev–Trinajstić information content (AvgIpc) is 2.91. The normalized spacial score (nSPS) is 23.0. The summed E-state index contributed by atoms with van der Waals surface area (Å²) in [5.41, 5.74) is 2.58. The third-order valence-electron chi connectivity index (χ3n) is 4.64. The monoisotopic (exact) mass is 360 g/mol. The Hall–Kier alpha value is -2.38. The number of nitrogens with one attached hydrogen (secondary N) is 3. The van der Waals surface area contributed by atoms with E-state index in [1.165, 1.54) is 12.0 Å². The van der Waals surface area contributed by atoms with Gasteiger partial charge in [0.05, 0.1) is 12.8 Å². The Morgan fingerprint density at radius 3 is 2.65 bits per heavy atom. The minimum atomic E-state index is -0.505. The number of quaternary nitrogens is 1. The first-order valence-electron chi connectivity index (χ1n) is 8.87. The van der Waals surface area contributed by atoms with E-state index < -0.39 is 5.97 Å². The van der Waals surface area contributed by atoms with Gasteiger partial charge >= 0.3 is 5.97 Å². The van der Waals surface area contributed by atoms with Gasteiger partial charge in [0.2, 0.25) is 0 Å². The quantitative estimate of drug-likeness (QED) is 0.707. The van der Waals surface area contributed by atoms with Crippen molar-refractivity contribution in [3.05, 3.63) is 29.5 Å². The minimum Gasteiger partial charge on any atom is -0.464 e. The second-order valence-electron chi connectivity index (χ2n) is 7.06. The molecule has 2 atom stereocenters. The van der Waals surface area contributed by atoms with Gasteiger partial charge in [-0.15, -0.1) is 0 Å². The number of anilines is 1. The lowest BCUT2D eigenvalue weighted by atomic mass is 10.1. The van der Waals surface area contributed by atoms with E-state index in [4.69, 9.17) is 9.47 Å². The molecule has 0 radical (unpaired) electrons. The maximum Gasteiger partial charge on any atom is 0.356 e. The number of aromatic amines is 1. The van der Waals surface area contributed by atoms with Crippen molar-refractivity contribution in [2.24, 2.45) is 0 Å². The van der Waals surface area contributed by atoms with Crippen LogP contribution in [0.3, 0.4) is 0 Å². The van der Waals surface area contributed by atoms with Crippen LogP contribution in [-0.4, -0.2) is 55.8 Å². The van der Waals surface area contributed by atoms with Crippen LogP contribution in [0, 0.1) is 6.92 Å². The third kappa shape index (κ3) is 3.89. The number of fused-ring (bicyclic) bond motifs is 1. The second-order valence-corrected chi connectivity index (χ2v) is 7.06. The number of morpholine rings is 1. The molecule has 1 aromatic carbocycles. The van der Waals surface area contributed by atoms with Gasteiger partial charge in [-0.25, -0.2) is 4.79 Å². The van der Waals surface area contributed by atoms with Gasteiger partial charge < -0.3 is 24.7 Å². The van der Waals surface area contributed by atoms with Crippen molar-refractivity contribution in [2.75, 3.05) is 32.1 Å². The molecular weight excluding hydrogens is 334 g/mol. The molecule has 0 aliphatic carbocycles. The minimum absolute atomic E-state index is 0.128. The van der Waals surface area contributed by atoms with Crippen LogP contribution >= 0.6 is 0 Å². The molecule has 1 amide bonds. The van der Waals surface area contributed by atoms with Gasteiger partial charge in [-0.05, 0) is 32.9 Å². The molecule has 1 saturated heterocycles. The molecule has 1 aromatic heterocycles. The Balaban J connectivity index is 1.83. The highest BCUT2D eigenvalue weighted by Gasteiger charge is 2.28. The molecule has 1 fully saturated rings. The molecule has 0 unspecified atom stereocenters. The average molecular weight is 360 g/mol. The molecule has 2 aromatic rings. The Labute approximate surface area is 152 Å². The SMILES string of the molecule is COC(=O)c1[nH]c2ccc(C)cc2c1NC(=O)C[NH+]1C[C@@H](C)O[C@H](C)C1. The molecule has 3 N–H and O–H groups in total. The summed E-state index contributed by atoms with van der Waals surface area (Å²) in [6, 6.07) is 5.79. The maximum atomic E-state index is 12.6. The number of esters is 1. The van der Waals surface area contributed by atoms with Gasteiger partial charge in [-0.2, -0.15) is 0 Å². The first kappa shape index (κ1) is 18.4. The fourth-order valence-corrected chi connectivity index (χ4v) is 3.63. The molecule has 1 aliphatic rings. The molecule has 26 heavy (non-hydrogen) atoms. The summed E-state index contributed by atoms with van der Waals surface area (Å²) in [4.78, 5) is 29.0. The van der Waals surface area contributed by atoms with Crippen molar-refractivity contribution in [1.82, 2.24) is 4.98 Å². The molecule has 7 nitrogen and oxygen atoms in total. The van der Waals surface area contributed by atoms with E-state index >= 15 is 0 Å². The number of carbonyl (C=O) groups is 2. The van der Waals surface area contributed by atoms with E-state index in [1.807, 2.05) is 39.0 Å². The van der Waals surface area contributed by atoms with Crippen molar-refractivity contribution in [3.8, 4) is 0 Å². The van der Waals surface area contributed by atoms with Crippen LogP contribution in [0.1, 0.15) is 29.9 Å². The van der Waals surface area contributed by atoms with Crippen molar-refractivity contribution >= 4 is 28.5 Å². The molecule has 2 heterocycles. The molecular formula is C19H26N3O4+. The Bertz CT molecular complexity index is 820. The molecule has 140 valence electrons. The standard InChI is InChI=1S/C19H25N3O4/c1-11-5-6-15-14(7-11)17(18(20-15)19(24)25-4)21-16(23)10-22-8-12(2)26-13(3)9-22/h5-7,12-13,20H,8-10H2,1-4H3,(H,21,23)/p+1/t12-,13-/m1/s1. The molecule has 0 bridgehead atoms. The van der Waals surface area contributed by atoms with Crippen molar-refractivity contribution < 1.29 is 24.0 Å². The highest BCUT2D eigenvalue weighted by Crippen LogP contribution is 2.29. The number of carbonyl (C=O) groups excluding carboxylic acids is 2. The number of hydrogen-bond donors (Lipinski definition) is 3. The van der Waals surface area contributed by atoms with Crippen LogP contribution in [0.5, 0.6) is 0 Å². The largest absolute Gasteiger partial charge is 0.464 e. The second kappa shape index (κ2) is 7.47. The van der Waals surface area contributed by atoms with Crippen LogP contribution in [0.2, 0.25) is 0 Å². The first-order valence-corrected chi connectivity index (χ1v) is 8.87. The van der Waals surface area contributed by atoms with E-state index in [9.17, 15) is 9.59 Å². The first-order chi connectivity index (χ1) is 12.4. The highest BCUT2D eigenvalue weighted by atomic mass is 16.5. The van der Waals surface area contributed by atoms with E-state index in [-0.39, 0.29) is 23.8 Å². The highest BCUT2D eigenvalue weighted by molar-refractivity contribution is 6.11. The van der Waals surface area contributed by atoms with Gasteiger partial charge in [0.25, 0.3) is 5.91 Å². The van der Waals surface area contributed by atoms with Crippen LogP contribution in [0.25, 0.3) is 10.9 Å². The Morgan fingerprint density at radius 1 is 1.31 bits per heavy atom. The zero-order valence-electron chi connectivity index (χ0n) is 15.6. The predicted molar refractivity (Wildman–Crippen MR) is 98.6 cm³/mol. The lowest BCUT2D eigenvalue weighted by Crippen LogP contribution is -3.16. The summed E-state index contributed by atoms with van der Waals surface area (Å²) in [5.74, 6) is -0.635. The summed E-state index contributed by atoms with van der Waals surface area (Å²) in [7, 11) is 1.32. The Morgan fingerprint density at radius 2 is 2.00 bits per heavy atom. The number of aryl methyl sites for hydroxylation is 1. The van der Waals surface area contributed by atoms with E-state index in [2.05, 4.69) is 10.3 Å². The zero-order chi connectivity index (χ0) is 18.8. The van der Waals surface area contributed by atoms with Crippen LogP contribution in [0.4, 0.5) is 5.69 Å². The number of rotatable bonds is 4. The fraction of sp³-hybridized carbons (Fsp3) is 0.474. The van der Waals surface area contributed by atoms with Gasteiger partial charge in [-0.3, -0.25) is 4.79 Å². The van der Waals surface area contributed by atoms with E-state index in [1.54, 1.807) is 0 Å². The Kier molecular flexibility index (Phi) is 5.29. The number of amides is 1. The van der Waals surface area contributed by atoms with Crippen molar-refractivity contribution in [3.63, 3.8) is 0 Å². The third-order valence-corrected chi connectivity index (χ3v) is 4.64. The molecule has 3 rings (SSSR count). The summed E-state index contributed by atoms with van der Waals surface area (Å²) in [5, 5.41) is 3.72. The van der Waals surface area contributed by atoms with E-state index in [0.717, 1.165) is 29.6 Å². The predicted octanol–water partition coefficient (Wildman–Crippen LogP) is 0.894. The number of aromatic nitrogens is 1. The number of ether oxygens (including phenoxy) is 2. The van der Waals surface area contributed by atoms with Crippen molar-refractivity contribution in [1.29, 1.82) is 0 Å². The summed E-state index contributed by atoms with van der Waals surface area (Å²) in [6.07, 6.45) is 0.255. The van der Waals surface area contributed by atoms with Crippen molar-refractivity contribution in [2.45, 2.75) is 33.0 Å². The zero-order valence-corrected chi connectivity index (χ0v) is 15.6. The summed E-state index contributed by atoms with van der Waals surface area (Å²) < 4.78 is 10.6. The molecule has 1 aliphatic heterocycles. The summed E-state index contributed by atoms with van der Waals surface area (Å²) >= 11 is 0. The van der Waals surface area contributed by atoms with Crippen LogP contribution in [0.15, 0.2) is 18.2 Å². The van der Waals surface area contributed by atoms with E-state index in [0.29, 0.717) is 12.2 Å². The lowest BCUT2D eigenvalue weighted by Gasteiger charge is -2.31. The van der Waals surface area contributed by atoms with Crippen LogP contribution < -0.4 is 10.2 Å². The molecule has 0 saturated carbocycles. The maximum absolute atomic E-state index is 12.6. The van der Waals surface area contributed by atoms with Crippen LogP contribution in [-0.2, 0) is 14.3 Å². The van der Waals surface area contributed by atoms with Gasteiger partial charge in [0.15, 0.2) is 6.54 Å². The number of hydrogen-bond acceptors (Lipinski definition) is 4. The molecule has 0 spiro atoms. The number of benzene rings is 1. The number of methoxy groups -OCH3 is 1. The topological polar surface area (TPSA) is 84.9 Å². The fourth-order valence-electron chi connectivity index (χ4n) is 3.63. The van der Waals surface area contributed by atoms with Gasteiger partial charge in [0.1, 0.15) is 31.0 Å². The number of H-pyrrole nitrogens is 1. The smallest absolute Gasteiger partial charge is 0.356 e. The molecule has 7 heteroatoms.